The number of amides is 1. The molecule has 2 atom stereocenters. The fraction of sp³-hybridized carbons (Fsp3) is 0.387. The molecule has 0 spiro atoms. The van der Waals surface area contributed by atoms with Gasteiger partial charge in [0.15, 0.2) is 17.3 Å². The Bertz CT molecular complexity index is 1830. The molecule has 16 heteroatoms. The molecule has 0 aliphatic carbocycles. The third kappa shape index (κ3) is 6.13. The lowest BCUT2D eigenvalue weighted by molar-refractivity contribution is -0.0216. The van der Waals surface area contributed by atoms with Crippen LogP contribution in [0.15, 0.2) is 52.3 Å². The number of carbonyl (C=O) groups excluding carboxylic acids is 2. The lowest BCUT2D eigenvalue weighted by Gasteiger charge is -2.51. The molecule has 0 saturated carbocycles. The number of ether oxygens (including phenoxy) is 5. The van der Waals surface area contributed by atoms with Gasteiger partial charge in [-0.15, -0.1) is 11.8 Å². The molecule has 1 saturated heterocycles. The molecule has 1 fully saturated rings. The molecule has 12 nitrogen and oxygen atoms in total. The molecule has 0 N–H and O–H groups in total. The first kappa shape index (κ1) is 33.0. The summed E-state index contributed by atoms with van der Waals surface area (Å²) in [5.41, 5.74) is 0.279. The zero-order valence-corrected chi connectivity index (χ0v) is 27.5. The molecule has 47 heavy (non-hydrogen) atoms. The number of fused-ring (bicyclic) bond motifs is 4. The van der Waals surface area contributed by atoms with E-state index >= 15 is 4.39 Å². The zero-order chi connectivity index (χ0) is 33.5. The second kappa shape index (κ2) is 13.3. The molecule has 0 unspecified atom stereocenters. The van der Waals surface area contributed by atoms with Gasteiger partial charge in [0.2, 0.25) is 18.0 Å². The predicted molar refractivity (Wildman–Crippen MR) is 168 cm³/mol. The van der Waals surface area contributed by atoms with Crippen LogP contribution in [0.3, 0.4) is 0 Å². The van der Waals surface area contributed by atoms with Crippen LogP contribution in [0.4, 0.5) is 13.6 Å². The standard InChI is InChI=1S/C31H32F2N3O9PS/c1-41-12-13-43-31(39)45-17-44-29-27-30(38)34-10-11-42-15-24(34)36(35(27)14-22(28(29)37)46(2,3)40)26-18-8-9-21(32)25(33)20(18)16-47-23-7-5-4-6-19(23)26/h4-9,14,24,26H,10-13,15-17H2,1-3H3/t24-,26+/m1/s1. The maximum absolute atomic E-state index is 15.5. The Morgan fingerprint density at radius 2 is 1.87 bits per heavy atom. The van der Waals surface area contributed by atoms with Gasteiger partial charge < -0.3 is 33.1 Å². The van der Waals surface area contributed by atoms with Gasteiger partial charge in [-0.05, 0) is 36.6 Å². The largest absolute Gasteiger partial charge is 0.511 e. The number of benzene rings is 2. The van der Waals surface area contributed by atoms with Crippen LogP contribution in [0.5, 0.6) is 5.75 Å². The molecule has 1 amide bonds. The first-order chi connectivity index (χ1) is 22.5. The number of hydrogen-bond acceptors (Lipinski definition) is 11. The van der Waals surface area contributed by atoms with Crippen LogP contribution in [0.2, 0.25) is 0 Å². The Hall–Kier alpha value is -3.91. The number of methoxy groups -OCH3 is 1. The van der Waals surface area contributed by atoms with Crippen molar-refractivity contribution in [2.45, 2.75) is 22.9 Å². The average Bonchev–Trinajstić information content (AvgIpc) is 3.21. The zero-order valence-electron chi connectivity index (χ0n) is 25.8. The summed E-state index contributed by atoms with van der Waals surface area (Å²) in [4.78, 5) is 42.5. The Kier molecular flexibility index (Phi) is 9.34. The summed E-state index contributed by atoms with van der Waals surface area (Å²) >= 11 is 1.35. The molecule has 6 rings (SSSR count). The van der Waals surface area contributed by atoms with Crippen LogP contribution >= 0.6 is 18.9 Å². The fourth-order valence-corrected chi connectivity index (χ4v) is 8.01. The van der Waals surface area contributed by atoms with Gasteiger partial charge in [0.05, 0.1) is 31.2 Å². The second-order valence-electron chi connectivity index (χ2n) is 11.3. The van der Waals surface area contributed by atoms with Crippen molar-refractivity contribution < 1.29 is 46.6 Å². The molecule has 2 aromatic carbocycles. The number of carbonyl (C=O) groups is 2. The van der Waals surface area contributed by atoms with E-state index in [1.165, 1.54) is 54.0 Å². The number of rotatable bonds is 8. The molecular weight excluding hydrogens is 659 g/mol. The Balaban J connectivity index is 1.57. The Morgan fingerprint density at radius 1 is 1.09 bits per heavy atom. The highest BCUT2D eigenvalue weighted by Crippen LogP contribution is 2.45. The molecule has 4 heterocycles. The normalized spacial score (nSPS) is 18.8. The van der Waals surface area contributed by atoms with Crippen LogP contribution in [0, 0.1) is 11.6 Å². The van der Waals surface area contributed by atoms with E-state index in [1.54, 1.807) is 5.01 Å². The minimum Gasteiger partial charge on any atom is -0.451 e. The Labute approximate surface area is 272 Å². The highest BCUT2D eigenvalue weighted by molar-refractivity contribution is 7.98. The molecule has 0 bridgehead atoms. The maximum atomic E-state index is 15.5. The first-order valence-corrected chi connectivity index (χ1v) is 18.2. The minimum absolute atomic E-state index is 0.0417. The molecule has 0 radical (unpaired) electrons. The van der Waals surface area contributed by atoms with E-state index in [0.29, 0.717) is 5.56 Å². The van der Waals surface area contributed by atoms with E-state index in [4.69, 9.17) is 23.7 Å². The summed E-state index contributed by atoms with van der Waals surface area (Å²) in [7, 11) is -1.90. The number of nitrogens with zero attached hydrogens (tertiary/aromatic N) is 3. The monoisotopic (exact) mass is 691 g/mol. The van der Waals surface area contributed by atoms with E-state index in [1.807, 2.05) is 24.3 Å². The summed E-state index contributed by atoms with van der Waals surface area (Å²) < 4.78 is 71.3. The lowest BCUT2D eigenvalue weighted by Crippen LogP contribution is -2.67. The van der Waals surface area contributed by atoms with E-state index in [2.05, 4.69) is 0 Å². The van der Waals surface area contributed by atoms with Gasteiger partial charge in [-0.2, -0.15) is 0 Å². The number of morpholine rings is 1. The van der Waals surface area contributed by atoms with E-state index in [9.17, 15) is 23.3 Å². The number of aromatic nitrogens is 1. The van der Waals surface area contributed by atoms with Crippen molar-refractivity contribution in [3.05, 3.63) is 86.8 Å². The third-order valence-electron chi connectivity index (χ3n) is 8.09. The lowest BCUT2D eigenvalue weighted by atomic mass is 9.93. The highest BCUT2D eigenvalue weighted by Gasteiger charge is 2.47. The summed E-state index contributed by atoms with van der Waals surface area (Å²) in [5.74, 6) is -2.91. The number of hydrogen-bond donors (Lipinski definition) is 0. The molecule has 3 aromatic rings. The smallest absolute Gasteiger partial charge is 0.451 e. The SMILES string of the molecule is COCCOC(=O)OCOc1c2n(cc(P(C)(C)=O)c1=O)N([C@@H]1c3ccccc3SCc3c1ccc(F)c3F)[C@@H]1COCCN1C2=O. The number of pyridine rings is 1. The van der Waals surface area contributed by atoms with E-state index in [-0.39, 0.29) is 55.3 Å². The van der Waals surface area contributed by atoms with Crippen LogP contribution in [-0.4, -0.2) is 88.0 Å². The van der Waals surface area contributed by atoms with Crippen LogP contribution in [-0.2, 0) is 29.3 Å². The molecule has 1 aromatic heterocycles. The van der Waals surface area contributed by atoms with Gasteiger partial charge in [-0.3, -0.25) is 19.3 Å². The highest BCUT2D eigenvalue weighted by atomic mass is 32.2. The van der Waals surface area contributed by atoms with Crippen molar-refractivity contribution in [2.75, 3.05) is 65.2 Å². The van der Waals surface area contributed by atoms with E-state index in [0.717, 1.165) is 16.5 Å². The third-order valence-corrected chi connectivity index (χ3v) is 10.7. The van der Waals surface area contributed by atoms with Crippen molar-refractivity contribution in [1.82, 2.24) is 9.58 Å². The van der Waals surface area contributed by atoms with Gasteiger partial charge in [-0.25, -0.2) is 13.6 Å². The number of thioether (sulfide) groups is 1. The minimum atomic E-state index is -3.33. The molecule has 250 valence electrons. The summed E-state index contributed by atoms with van der Waals surface area (Å²) in [6.45, 7) is 2.44. The van der Waals surface area contributed by atoms with Gasteiger partial charge in [0.25, 0.3) is 5.91 Å². The first-order valence-electron chi connectivity index (χ1n) is 14.6. The summed E-state index contributed by atoms with van der Waals surface area (Å²) in [5, 5.41) is 1.62. The van der Waals surface area contributed by atoms with Crippen LogP contribution in [0.25, 0.3) is 0 Å². The van der Waals surface area contributed by atoms with Crippen molar-refractivity contribution in [2.24, 2.45) is 0 Å². The quantitative estimate of drug-likeness (QED) is 0.149. The topological polar surface area (TPSA) is 126 Å². The van der Waals surface area contributed by atoms with Crippen molar-refractivity contribution in [1.29, 1.82) is 0 Å². The second-order valence-corrected chi connectivity index (χ2v) is 15.5. The maximum Gasteiger partial charge on any atom is 0.511 e. The Morgan fingerprint density at radius 3 is 2.64 bits per heavy atom. The van der Waals surface area contributed by atoms with Crippen molar-refractivity contribution in [3.8, 4) is 5.75 Å². The summed E-state index contributed by atoms with van der Waals surface area (Å²) in [6, 6.07) is 9.14. The van der Waals surface area contributed by atoms with Crippen molar-refractivity contribution in [3.63, 3.8) is 0 Å². The summed E-state index contributed by atoms with van der Waals surface area (Å²) in [6.07, 6.45) is -0.535. The molecular formula is C31H32F2N3O9PS. The van der Waals surface area contributed by atoms with Crippen molar-refractivity contribution >= 4 is 36.3 Å². The average molecular weight is 692 g/mol. The molecule has 3 aliphatic rings. The fourth-order valence-electron chi connectivity index (χ4n) is 5.92. The molecule has 3 aliphatic heterocycles. The van der Waals surface area contributed by atoms with Crippen LogP contribution in [0.1, 0.15) is 33.2 Å². The van der Waals surface area contributed by atoms with Gasteiger partial charge in [-0.1, -0.05) is 24.3 Å². The van der Waals surface area contributed by atoms with Crippen LogP contribution < -0.4 is 20.5 Å². The predicted octanol–water partition coefficient (Wildman–Crippen LogP) is 3.66. The van der Waals surface area contributed by atoms with Gasteiger partial charge in [0, 0.05) is 36.1 Å². The number of halogens is 2. The van der Waals surface area contributed by atoms with E-state index < -0.39 is 61.0 Å². The van der Waals surface area contributed by atoms with Gasteiger partial charge >= 0.3 is 6.16 Å². The van der Waals surface area contributed by atoms with Gasteiger partial charge in [0.1, 0.15) is 19.9 Å².